The number of halogens is 1. The Kier molecular flexibility index (Phi) is 17.4. The monoisotopic (exact) mass is 623 g/mol. The number of aliphatic hydroxyl groups is 2. The third-order valence-corrected chi connectivity index (χ3v) is 6.90. The van der Waals surface area contributed by atoms with Crippen LogP contribution < -0.4 is 21.1 Å². The number of nitrogen functional groups attached to an aromatic ring is 1. The summed E-state index contributed by atoms with van der Waals surface area (Å²) < 4.78 is 6.94. The lowest BCUT2D eigenvalue weighted by molar-refractivity contribution is -0.0188. The number of unbranched alkanes of at least 4 members (excludes halogenated alkanes) is 13. The zero-order valence-electron chi connectivity index (χ0n) is 22.5. The maximum absolute atomic E-state index is 12.9. The molecule has 0 saturated carbocycles. The van der Waals surface area contributed by atoms with Gasteiger partial charge < -0.3 is 30.5 Å². The predicted octanol–water partition coefficient (Wildman–Crippen LogP) is 4.37. The number of aromatic nitrogens is 2. The first kappa shape index (κ1) is 32.9. The van der Waals surface area contributed by atoms with Gasteiger partial charge in [-0.05, 0) is 6.42 Å². The summed E-state index contributed by atoms with van der Waals surface area (Å²) in [6.07, 6.45) is 17.7. The van der Waals surface area contributed by atoms with Gasteiger partial charge in [-0.25, -0.2) is 0 Å². The maximum atomic E-state index is 12.9. The van der Waals surface area contributed by atoms with E-state index in [2.05, 4.69) is 11.9 Å². The Hall–Kier alpha value is -1.11. The predicted molar refractivity (Wildman–Crippen MR) is 158 cm³/mol. The molecule has 0 atom stereocenters. The van der Waals surface area contributed by atoms with Crippen molar-refractivity contribution in [2.24, 2.45) is 7.05 Å². The number of fused-ring (bicyclic) bond motifs is 1. The summed E-state index contributed by atoms with van der Waals surface area (Å²) in [6.45, 7) is 3.09. The second kappa shape index (κ2) is 19.0. The van der Waals surface area contributed by atoms with Crippen molar-refractivity contribution in [1.82, 2.24) is 9.55 Å². The highest BCUT2D eigenvalue weighted by molar-refractivity contribution is 14.0. The third kappa shape index (κ3) is 10.7. The fraction of sp³-hybridized carbons (Fsp3) is 0.846. The van der Waals surface area contributed by atoms with E-state index >= 15 is 0 Å². The van der Waals surface area contributed by atoms with Crippen molar-refractivity contribution in [2.45, 2.75) is 103 Å². The lowest BCUT2D eigenvalue weighted by atomic mass is 10.0. The summed E-state index contributed by atoms with van der Waals surface area (Å²) in [5, 5.41) is 18.5. The number of hydrogen-bond donors (Lipinski definition) is 3. The molecular weight excluding hydrogens is 573 g/mol. The molecule has 0 aromatic carbocycles. The summed E-state index contributed by atoms with van der Waals surface area (Å²) >= 11 is 0. The second-order valence-electron chi connectivity index (χ2n) is 9.83. The molecule has 9 nitrogen and oxygen atoms in total. The van der Waals surface area contributed by atoms with Crippen LogP contribution in [0.3, 0.4) is 0 Å². The van der Waals surface area contributed by atoms with Gasteiger partial charge in [0.25, 0.3) is 5.56 Å². The van der Waals surface area contributed by atoms with Crippen LogP contribution in [-0.2, 0) is 11.8 Å². The van der Waals surface area contributed by atoms with Crippen LogP contribution in [0.25, 0.3) is 0 Å². The summed E-state index contributed by atoms with van der Waals surface area (Å²) in [4.78, 5) is 21.2. The van der Waals surface area contributed by atoms with Crippen LogP contribution in [0.2, 0.25) is 0 Å². The largest absolute Gasteiger partial charge is 0.394 e. The smallest absolute Gasteiger partial charge is 0.280 e. The van der Waals surface area contributed by atoms with Gasteiger partial charge in [-0.1, -0.05) is 90.4 Å². The Bertz CT molecular complexity index is 775. The highest BCUT2D eigenvalue weighted by atomic mass is 127. The van der Waals surface area contributed by atoms with Gasteiger partial charge in [-0.15, -0.1) is 24.0 Å². The summed E-state index contributed by atoms with van der Waals surface area (Å²) in [5.74, 6) is 0.656. The Labute approximate surface area is 234 Å². The molecule has 1 aromatic heterocycles. The lowest BCUT2D eigenvalue weighted by Gasteiger charge is -2.22. The van der Waals surface area contributed by atoms with Gasteiger partial charge in [0.15, 0.2) is 5.82 Å². The van der Waals surface area contributed by atoms with Gasteiger partial charge >= 0.3 is 0 Å². The molecule has 10 heteroatoms. The number of nitrogens with two attached hydrogens (primary N) is 1. The molecule has 0 unspecified atom stereocenters. The molecule has 0 saturated heterocycles. The minimum absolute atomic E-state index is 0. The lowest BCUT2D eigenvalue weighted by Crippen LogP contribution is -2.36. The van der Waals surface area contributed by atoms with Crippen molar-refractivity contribution in [3.05, 3.63) is 10.4 Å². The summed E-state index contributed by atoms with van der Waals surface area (Å²) in [5.41, 5.74) is 6.31. The maximum Gasteiger partial charge on any atom is 0.280 e. The summed E-state index contributed by atoms with van der Waals surface area (Å²) in [6, 6.07) is 0. The molecular formula is C26H50IN5O4. The van der Waals surface area contributed by atoms with E-state index in [1.165, 1.54) is 81.6 Å². The van der Waals surface area contributed by atoms with Gasteiger partial charge in [0, 0.05) is 13.6 Å². The fourth-order valence-electron chi connectivity index (χ4n) is 4.58. The van der Waals surface area contributed by atoms with E-state index in [9.17, 15) is 15.0 Å². The van der Waals surface area contributed by atoms with Crippen LogP contribution >= 0.6 is 24.0 Å². The van der Waals surface area contributed by atoms with Crippen LogP contribution in [0.15, 0.2) is 4.79 Å². The van der Waals surface area contributed by atoms with Gasteiger partial charge in [-0.2, -0.15) is 4.98 Å². The molecule has 4 N–H and O–H groups in total. The van der Waals surface area contributed by atoms with Crippen molar-refractivity contribution in [2.75, 3.05) is 48.7 Å². The van der Waals surface area contributed by atoms with Crippen LogP contribution in [0, 0.1) is 0 Å². The van der Waals surface area contributed by atoms with Crippen LogP contribution in [-0.4, -0.2) is 59.0 Å². The zero-order chi connectivity index (χ0) is 25.5. The van der Waals surface area contributed by atoms with E-state index in [0.29, 0.717) is 18.2 Å². The van der Waals surface area contributed by atoms with Crippen molar-refractivity contribution < 1.29 is 14.9 Å². The minimum Gasteiger partial charge on any atom is -0.394 e. The first-order valence-electron chi connectivity index (χ1n) is 13.7. The van der Waals surface area contributed by atoms with Crippen molar-refractivity contribution in [1.29, 1.82) is 0 Å². The average Bonchev–Trinajstić information content (AvgIpc) is 3.20. The standard InChI is InChI=1S/C26H49N5O4.HI/c1-3-4-5-6-7-8-9-10-11-12-13-14-15-16-17-30-20-31(21-35-22(18-32)19-33)24-23(30)25(34)29(2)26(27)28-24;/h22,32-33H,3-21H2,1-2H3,(H2,27,28);1H. The number of aliphatic hydroxyl groups excluding tert-OH is 2. The van der Waals surface area contributed by atoms with Crippen molar-refractivity contribution in [3.63, 3.8) is 0 Å². The fourth-order valence-corrected chi connectivity index (χ4v) is 4.58. The molecule has 0 aliphatic carbocycles. The number of nitrogens with zero attached hydrogens (tertiary/aromatic N) is 4. The summed E-state index contributed by atoms with van der Waals surface area (Å²) in [7, 11) is 1.63. The molecule has 1 aliphatic rings. The molecule has 0 fully saturated rings. The highest BCUT2D eigenvalue weighted by Crippen LogP contribution is 2.31. The van der Waals surface area contributed by atoms with E-state index in [1.807, 2.05) is 9.80 Å². The molecule has 0 amide bonds. The van der Waals surface area contributed by atoms with Gasteiger partial charge in [-0.3, -0.25) is 9.36 Å². The average molecular weight is 624 g/mol. The Balaban J connectivity index is 0.00000648. The van der Waals surface area contributed by atoms with E-state index in [0.717, 1.165) is 19.4 Å². The molecule has 36 heavy (non-hydrogen) atoms. The number of ether oxygens (including phenoxy) is 1. The van der Waals surface area contributed by atoms with E-state index < -0.39 is 6.10 Å². The molecule has 210 valence electrons. The third-order valence-electron chi connectivity index (χ3n) is 6.90. The van der Waals surface area contributed by atoms with Crippen LogP contribution in [0.1, 0.15) is 96.8 Å². The van der Waals surface area contributed by atoms with E-state index in [4.69, 9.17) is 10.5 Å². The van der Waals surface area contributed by atoms with Crippen molar-refractivity contribution in [3.8, 4) is 0 Å². The van der Waals surface area contributed by atoms with Crippen LogP contribution in [0.5, 0.6) is 0 Å². The zero-order valence-corrected chi connectivity index (χ0v) is 24.8. The molecule has 1 aliphatic heterocycles. The van der Waals surface area contributed by atoms with Gasteiger partial charge in [0.2, 0.25) is 5.95 Å². The molecule has 1 aromatic rings. The second-order valence-corrected chi connectivity index (χ2v) is 9.83. The van der Waals surface area contributed by atoms with E-state index in [-0.39, 0.29) is 55.4 Å². The topological polar surface area (TPSA) is 117 Å². The number of hydrogen-bond acceptors (Lipinski definition) is 8. The Morgan fingerprint density at radius 3 is 1.89 bits per heavy atom. The van der Waals surface area contributed by atoms with Crippen molar-refractivity contribution >= 4 is 41.4 Å². The first-order valence-corrected chi connectivity index (χ1v) is 13.7. The molecule has 0 spiro atoms. The Morgan fingerprint density at radius 2 is 1.39 bits per heavy atom. The highest BCUT2D eigenvalue weighted by Gasteiger charge is 2.31. The minimum atomic E-state index is -0.665. The van der Waals surface area contributed by atoms with Gasteiger partial charge in [0.05, 0.1) is 19.9 Å². The molecule has 0 radical (unpaired) electrons. The number of anilines is 3. The first-order chi connectivity index (χ1) is 17.0. The van der Waals surface area contributed by atoms with E-state index in [1.54, 1.807) is 7.05 Å². The molecule has 2 rings (SSSR count). The van der Waals surface area contributed by atoms with Crippen LogP contribution in [0.4, 0.5) is 17.5 Å². The SMILES string of the molecule is CCCCCCCCCCCCCCCCN1CN(COC(CO)CO)c2nc(N)n(C)c(=O)c21.I. The molecule has 0 bridgehead atoms. The molecule has 2 heterocycles. The van der Waals surface area contributed by atoms with Gasteiger partial charge in [0.1, 0.15) is 18.5 Å². The Morgan fingerprint density at radius 1 is 0.889 bits per heavy atom. The quantitative estimate of drug-likeness (QED) is 0.145. The number of rotatable bonds is 20. The normalized spacial score (nSPS) is 12.9.